The van der Waals surface area contributed by atoms with Crippen LogP contribution in [0.1, 0.15) is 18.4 Å². The summed E-state index contributed by atoms with van der Waals surface area (Å²) in [4.78, 5) is 0. The van der Waals surface area contributed by atoms with Crippen molar-refractivity contribution in [3.63, 3.8) is 0 Å². The highest BCUT2D eigenvalue weighted by Crippen LogP contribution is 2.16. The second kappa shape index (κ2) is 5.35. The summed E-state index contributed by atoms with van der Waals surface area (Å²) in [6.45, 7) is 0. The molecule has 0 amide bonds. The van der Waals surface area contributed by atoms with Crippen LogP contribution in [0, 0.1) is 5.92 Å². The van der Waals surface area contributed by atoms with Crippen molar-refractivity contribution in [1.29, 1.82) is 0 Å². The van der Waals surface area contributed by atoms with E-state index in [-0.39, 0.29) is 0 Å². The minimum absolute atomic E-state index is 0.690. The van der Waals surface area contributed by atoms with E-state index in [9.17, 15) is 0 Å². The van der Waals surface area contributed by atoms with Gasteiger partial charge in [-0.15, -0.1) is 0 Å². The molecule has 0 aromatic heterocycles. The zero-order chi connectivity index (χ0) is 10.3. The SMILES string of the molecule is C1=CC[C@@H](C/C=C/c2ccccc2)C=C1. The van der Waals surface area contributed by atoms with E-state index in [4.69, 9.17) is 0 Å². The van der Waals surface area contributed by atoms with Gasteiger partial charge in [0, 0.05) is 0 Å². The number of hydrogen-bond donors (Lipinski definition) is 0. The Morgan fingerprint density at radius 1 is 1.13 bits per heavy atom. The van der Waals surface area contributed by atoms with Crippen molar-refractivity contribution in [3.05, 3.63) is 66.3 Å². The third-order valence-electron chi connectivity index (χ3n) is 2.62. The third kappa shape index (κ3) is 3.25. The summed E-state index contributed by atoms with van der Waals surface area (Å²) in [7, 11) is 0. The first-order chi connectivity index (χ1) is 7.45. The average molecular weight is 196 g/mol. The quantitative estimate of drug-likeness (QED) is 0.679. The third-order valence-corrected chi connectivity index (χ3v) is 2.62. The summed E-state index contributed by atoms with van der Waals surface area (Å²) in [5.41, 5.74) is 1.29. The molecule has 76 valence electrons. The van der Waals surface area contributed by atoms with E-state index in [0.29, 0.717) is 5.92 Å². The van der Waals surface area contributed by atoms with Gasteiger partial charge >= 0.3 is 0 Å². The molecule has 1 aliphatic carbocycles. The maximum Gasteiger partial charge on any atom is -0.0161 e. The predicted octanol–water partition coefficient (Wildman–Crippen LogP) is 4.22. The minimum atomic E-state index is 0.690. The number of benzene rings is 1. The molecule has 0 aliphatic heterocycles. The van der Waals surface area contributed by atoms with Crippen LogP contribution in [0.3, 0.4) is 0 Å². The van der Waals surface area contributed by atoms with Crippen LogP contribution in [-0.2, 0) is 0 Å². The van der Waals surface area contributed by atoms with Crippen LogP contribution >= 0.6 is 0 Å². The Labute approximate surface area is 91.6 Å². The summed E-state index contributed by atoms with van der Waals surface area (Å²) < 4.78 is 0. The zero-order valence-electron chi connectivity index (χ0n) is 8.84. The molecule has 1 aromatic carbocycles. The molecule has 0 unspecified atom stereocenters. The van der Waals surface area contributed by atoms with Crippen molar-refractivity contribution >= 4 is 6.08 Å². The van der Waals surface area contributed by atoms with Crippen molar-refractivity contribution in [2.45, 2.75) is 12.8 Å². The molecule has 0 saturated heterocycles. The van der Waals surface area contributed by atoms with Crippen LogP contribution < -0.4 is 0 Å². The highest BCUT2D eigenvalue weighted by atomic mass is 14.1. The maximum absolute atomic E-state index is 2.29. The number of rotatable bonds is 3. The number of hydrogen-bond acceptors (Lipinski definition) is 0. The Morgan fingerprint density at radius 2 is 2.00 bits per heavy atom. The van der Waals surface area contributed by atoms with Gasteiger partial charge in [0.25, 0.3) is 0 Å². The topological polar surface area (TPSA) is 0 Å². The standard InChI is InChI=1S/C15H16/c1-3-8-14(9-4-1)12-7-13-15-10-5-2-6-11-15/h1-10,12,15H,11,13H2/b12-7+/t15-/m0/s1. The van der Waals surface area contributed by atoms with Crippen LogP contribution in [0.25, 0.3) is 6.08 Å². The smallest absolute Gasteiger partial charge is 0.0161 e. The van der Waals surface area contributed by atoms with Gasteiger partial charge in [0.2, 0.25) is 0 Å². The summed E-state index contributed by atoms with van der Waals surface area (Å²) in [5.74, 6) is 0.690. The highest BCUT2D eigenvalue weighted by molar-refractivity contribution is 5.48. The Kier molecular flexibility index (Phi) is 3.56. The molecule has 15 heavy (non-hydrogen) atoms. The fourth-order valence-corrected chi connectivity index (χ4v) is 1.75. The molecule has 0 heteroatoms. The summed E-state index contributed by atoms with van der Waals surface area (Å²) in [5, 5.41) is 0. The van der Waals surface area contributed by atoms with E-state index >= 15 is 0 Å². The van der Waals surface area contributed by atoms with Crippen molar-refractivity contribution in [2.75, 3.05) is 0 Å². The van der Waals surface area contributed by atoms with E-state index < -0.39 is 0 Å². The molecule has 0 fully saturated rings. The van der Waals surface area contributed by atoms with E-state index in [1.54, 1.807) is 0 Å². The molecule has 2 rings (SSSR count). The molecule has 0 radical (unpaired) electrons. The van der Waals surface area contributed by atoms with Crippen molar-refractivity contribution < 1.29 is 0 Å². The van der Waals surface area contributed by atoms with Crippen LogP contribution in [0.5, 0.6) is 0 Å². The van der Waals surface area contributed by atoms with Gasteiger partial charge < -0.3 is 0 Å². The van der Waals surface area contributed by atoms with Crippen molar-refractivity contribution in [1.82, 2.24) is 0 Å². The lowest BCUT2D eigenvalue weighted by Crippen LogP contribution is -1.94. The van der Waals surface area contributed by atoms with Crippen LogP contribution in [0.2, 0.25) is 0 Å². The minimum Gasteiger partial charge on any atom is -0.0840 e. The first-order valence-corrected chi connectivity index (χ1v) is 5.50. The molecule has 1 aliphatic rings. The average Bonchev–Trinajstić information content (AvgIpc) is 2.32. The summed E-state index contributed by atoms with van der Waals surface area (Å²) in [6.07, 6.45) is 15.6. The van der Waals surface area contributed by atoms with Gasteiger partial charge in [0.15, 0.2) is 0 Å². The first-order valence-electron chi connectivity index (χ1n) is 5.50. The fourth-order valence-electron chi connectivity index (χ4n) is 1.75. The zero-order valence-corrected chi connectivity index (χ0v) is 8.84. The lowest BCUT2D eigenvalue weighted by molar-refractivity contribution is 0.670. The van der Waals surface area contributed by atoms with Crippen LogP contribution in [0.4, 0.5) is 0 Å². The fraction of sp³-hybridized carbons (Fsp3) is 0.200. The lowest BCUT2D eigenvalue weighted by atomic mass is 9.97. The van der Waals surface area contributed by atoms with Crippen molar-refractivity contribution in [2.24, 2.45) is 5.92 Å². The van der Waals surface area contributed by atoms with E-state index in [1.165, 1.54) is 12.0 Å². The van der Waals surface area contributed by atoms with Crippen molar-refractivity contribution in [3.8, 4) is 0 Å². The Bertz CT molecular complexity index is 368. The normalized spacial score (nSPS) is 19.9. The Balaban J connectivity index is 1.85. The maximum atomic E-state index is 2.29. The molecule has 0 N–H and O–H groups in total. The molecule has 0 heterocycles. The second-order valence-electron chi connectivity index (χ2n) is 3.86. The molecular weight excluding hydrogens is 180 g/mol. The van der Waals surface area contributed by atoms with Gasteiger partial charge in [-0.1, -0.05) is 66.8 Å². The van der Waals surface area contributed by atoms with Gasteiger partial charge in [-0.25, -0.2) is 0 Å². The number of allylic oxidation sites excluding steroid dienone is 5. The monoisotopic (exact) mass is 196 g/mol. The summed E-state index contributed by atoms with van der Waals surface area (Å²) in [6, 6.07) is 10.5. The molecule has 0 nitrogen and oxygen atoms in total. The van der Waals surface area contributed by atoms with Crippen LogP contribution in [0.15, 0.2) is 60.7 Å². The largest absolute Gasteiger partial charge is 0.0840 e. The first kappa shape index (κ1) is 9.97. The van der Waals surface area contributed by atoms with E-state index in [2.05, 4.69) is 60.7 Å². The molecule has 0 spiro atoms. The van der Waals surface area contributed by atoms with Crippen LogP contribution in [-0.4, -0.2) is 0 Å². The van der Waals surface area contributed by atoms with Gasteiger partial charge in [-0.05, 0) is 24.3 Å². The van der Waals surface area contributed by atoms with Gasteiger partial charge in [-0.2, -0.15) is 0 Å². The molecule has 0 saturated carbocycles. The predicted molar refractivity (Wildman–Crippen MR) is 66.5 cm³/mol. The van der Waals surface area contributed by atoms with Gasteiger partial charge in [0.05, 0.1) is 0 Å². The molecule has 0 bridgehead atoms. The highest BCUT2D eigenvalue weighted by Gasteiger charge is 2.01. The Morgan fingerprint density at radius 3 is 2.73 bits per heavy atom. The molecule has 1 atom stereocenters. The Hall–Kier alpha value is -1.56. The van der Waals surface area contributed by atoms with E-state index in [1.807, 2.05) is 6.07 Å². The second-order valence-corrected chi connectivity index (χ2v) is 3.86. The lowest BCUT2D eigenvalue weighted by Gasteiger charge is -2.09. The molecular formula is C15H16. The molecule has 1 aromatic rings. The van der Waals surface area contributed by atoms with Gasteiger partial charge in [0.1, 0.15) is 0 Å². The van der Waals surface area contributed by atoms with E-state index in [0.717, 1.165) is 6.42 Å². The summed E-state index contributed by atoms with van der Waals surface area (Å²) >= 11 is 0. The van der Waals surface area contributed by atoms with Gasteiger partial charge in [-0.3, -0.25) is 0 Å².